The number of carboxylic acid groups (broad SMARTS) is 1. The van der Waals surface area contributed by atoms with Gasteiger partial charge in [0.2, 0.25) is 0 Å². The smallest absolute Gasteiger partial charge is 0.352 e. The molecule has 4 amide bonds. The molecule has 0 aromatic carbocycles. The van der Waals surface area contributed by atoms with Gasteiger partial charge in [-0.1, -0.05) is 11.3 Å². The molecule has 1 fully saturated rings. The molecule has 4 rings (SSSR count). The van der Waals surface area contributed by atoms with Gasteiger partial charge in [-0.15, -0.1) is 40.0 Å². The Morgan fingerprint density at radius 1 is 1.50 bits per heavy atom. The van der Waals surface area contributed by atoms with Crippen LogP contribution >= 0.6 is 34.9 Å². The van der Waals surface area contributed by atoms with Crippen LogP contribution in [-0.4, -0.2) is 78.9 Å². The predicted octanol–water partition coefficient (Wildman–Crippen LogP) is 0.0806. The zero-order chi connectivity index (χ0) is 24.5. The molecule has 3 atom stereocenters. The lowest BCUT2D eigenvalue weighted by molar-refractivity contribution is -0.192. The fraction of sp³-hybridized carbons (Fsp3) is 0.333. The Bertz CT molecular complexity index is 1140. The number of nitrogens with two attached hydrogens (primary N) is 1. The number of carboxylic acids is 1. The van der Waals surface area contributed by atoms with Gasteiger partial charge < -0.3 is 26.2 Å². The van der Waals surface area contributed by atoms with E-state index in [2.05, 4.69) is 26.0 Å². The van der Waals surface area contributed by atoms with Crippen molar-refractivity contribution in [1.29, 1.82) is 0 Å². The maximum absolute atomic E-state index is 13.2. The van der Waals surface area contributed by atoms with Crippen molar-refractivity contribution in [3.8, 4) is 0 Å². The number of carbonyl (C=O) groups is 4. The van der Waals surface area contributed by atoms with Gasteiger partial charge in [-0.2, -0.15) is 0 Å². The maximum Gasteiger partial charge on any atom is 0.352 e. The van der Waals surface area contributed by atoms with E-state index < -0.39 is 41.0 Å². The Hall–Kier alpha value is -3.08. The van der Waals surface area contributed by atoms with Crippen LogP contribution in [0.3, 0.4) is 0 Å². The Kier molecular flexibility index (Phi) is 6.83. The molecule has 2 aliphatic rings. The highest BCUT2D eigenvalue weighted by atomic mass is 32.2. The minimum absolute atomic E-state index is 0.152. The van der Waals surface area contributed by atoms with E-state index in [9.17, 15) is 24.3 Å². The molecule has 1 saturated heterocycles. The number of aliphatic carboxylic acids is 1. The van der Waals surface area contributed by atoms with Crippen LogP contribution in [0.15, 0.2) is 40.0 Å². The zero-order valence-corrected chi connectivity index (χ0v) is 20.0. The van der Waals surface area contributed by atoms with Crippen LogP contribution in [0.1, 0.15) is 10.9 Å². The molecular weight excluding hydrogens is 506 g/mol. The highest BCUT2D eigenvalue weighted by Crippen LogP contribution is 2.47. The number of nitrogens with one attached hydrogen (secondary N) is 3. The molecule has 0 spiro atoms. The number of hydrogen-bond donors (Lipinski definition) is 5. The molecule has 34 heavy (non-hydrogen) atoms. The van der Waals surface area contributed by atoms with Crippen molar-refractivity contribution in [3.05, 3.63) is 39.9 Å². The van der Waals surface area contributed by atoms with Crippen molar-refractivity contribution in [1.82, 2.24) is 30.9 Å². The number of hydrogen-bond acceptors (Lipinski definition) is 10. The number of nitrogens with zero attached hydrogens (tertiary/aromatic N) is 3. The van der Waals surface area contributed by atoms with Gasteiger partial charge in [-0.25, -0.2) is 9.59 Å². The average Bonchev–Trinajstić information content (AvgIpc) is 3.52. The first-order valence-electron chi connectivity index (χ1n) is 9.64. The first-order chi connectivity index (χ1) is 16.3. The maximum atomic E-state index is 13.2. The number of aromatic nitrogens is 3. The van der Waals surface area contributed by atoms with Crippen molar-refractivity contribution in [2.24, 2.45) is 5.73 Å². The normalized spacial score (nSPS) is 22.6. The first kappa shape index (κ1) is 24.1. The third-order valence-corrected chi connectivity index (χ3v) is 8.43. The molecule has 2 aliphatic heterocycles. The van der Waals surface area contributed by atoms with Gasteiger partial charge in [0.25, 0.3) is 17.5 Å². The Morgan fingerprint density at radius 2 is 2.29 bits per heavy atom. The summed E-state index contributed by atoms with van der Waals surface area (Å²) in [5.41, 5.74) is 3.80. The summed E-state index contributed by atoms with van der Waals surface area (Å²) in [7, 11) is 1.25. The molecule has 2 unspecified atom stereocenters. The second-order valence-corrected chi connectivity index (χ2v) is 10.2. The Morgan fingerprint density at radius 3 is 2.88 bits per heavy atom. The summed E-state index contributed by atoms with van der Waals surface area (Å²) in [6.07, 6.45) is 1.51. The lowest BCUT2D eigenvalue weighted by atomic mass is 9.97. The van der Waals surface area contributed by atoms with Crippen molar-refractivity contribution < 1.29 is 29.0 Å². The van der Waals surface area contributed by atoms with Gasteiger partial charge in [0.05, 0.1) is 6.20 Å². The van der Waals surface area contributed by atoms with Crippen molar-refractivity contribution in [3.63, 3.8) is 0 Å². The second-order valence-electron chi connectivity index (χ2n) is 7.09. The molecule has 13 nitrogen and oxygen atoms in total. The lowest BCUT2D eigenvalue weighted by Gasteiger charge is -2.56. The summed E-state index contributed by atoms with van der Waals surface area (Å²) >= 11 is 3.78. The van der Waals surface area contributed by atoms with Crippen molar-refractivity contribution >= 4 is 58.7 Å². The molecule has 4 heterocycles. The van der Waals surface area contributed by atoms with E-state index in [-0.39, 0.29) is 5.70 Å². The van der Waals surface area contributed by atoms with Crippen molar-refractivity contribution in [2.45, 2.75) is 22.2 Å². The number of aromatic amines is 1. The summed E-state index contributed by atoms with van der Waals surface area (Å²) in [4.78, 5) is 51.5. The number of methoxy groups -OCH3 is 1. The van der Waals surface area contributed by atoms with Crippen molar-refractivity contribution in [2.75, 3.05) is 18.6 Å². The first-order valence-corrected chi connectivity index (χ1v) is 12.6. The van der Waals surface area contributed by atoms with E-state index in [0.717, 1.165) is 4.90 Å². The number of rotatable bonds is 9. The number of fused-ring (bicyclic) bond motifs is 1. The molecular formula is C18H19N7O6S3. The fourth-order valence-corrected chi connectivity index (χ4v) is 6.73. The van der Waals surface area contributed by atoms with E-state index in [1.165, 1.54) is 48.2 Å². The molecule has 0 radical (unpaired) electrons. The van der Waals surface area contributed by atoms with Crippen LogP contribution in [0.5, 0.6) is 0 Å². The molecule has 6 N–H and O–H groups in total. The quantitative estimate of drug-likeness (QED) is 0.170. The number of ether oxygens (including phenoxy) is 1. The van der Waals surface area contributed by atoms with Crippen LogP contribution in [-0.2, 0) is 19.1 Å². The van der Waals surface area contributed by atoms with Gasteiger partial charge in [0.15, 0.2) is 0 Å². The number of carbonyl (C=O) groups excluding carboxylic acids is 3. The van der Waals surface area contributed by atoms with Crippen LogP contribution < -0.4 is 16.4 Å². The summed E-state index contributed by atoms with van der Waals surface area (Å²) < 4.78 is 5.45. The second kappa shape index (κ2) is 9.65. The topological polar surface area (TPSA) is 193 Å². The summed E-state index contributed by atoms with van der Waals surface area (Å²) in [6.45, 7) is 0. The van der Waals surface area contributed by atoms with Crippen LogP contribution in [0, 0.1) is 0 Å². The largest absolute Gasteiger partial charge is 0.477 e. The highest BCUT2D eigenvalue weighted by molar-refractivity contribution is 8.01. The van der Waals surface area contributed by atoms with Gasteiger partial charge in [-0.05, 0) is 17.0 Å². The number of H-pyrrole nitrogens is 1. The fourth-order valence-electron chi connectivity index (χ4n) is 3.60. The Labute approximate surface area is 204 Å². The molecule has 2 aromatic heterocycles. The number of β-lactam (4-membered cyclic amide) rings is 1. The lowest BCUT2D eigenvalue weighted by Crippen LogP contribution is -2.81. The van der Waals surface area contributed by atoms with Crippen LogP contribution in [0.2, 0.25) is 0 Å². The van der Waals surface area contributed by atoms with Gasteiger partial charge in [0.1, 0.15) is 22.1 Å². The molecule has 180 valence electrons. The minimum Gasteiger partial charge on any atom is -0.477 e. The highest BCUT2D eigenvalue weighted by Gasteiger charge is 2.66. The van der Waals surface area contributed by atoms with Gasteiger partial charge >= 0.3 is 12.0 Å². The third-order valence-electron chi connectivity index (χ3n) is 5.11. The number of thiophene rings is 1. The zero-order valence-electron chi connectivity index (χ0n) is 17.5. The van der Waals surface area contributed by atoms with Gasteiger partial charge in [-0.3, -0.25) is 19.6 Å². The molecule has 0 saturated carbocycles. The monoisotopic (exact) mass is 525 g/mol. The minimum atomic E-state index is -1.80. The Balaban J connectivity index is 1.57. The predicted molar refractivity (Wildman–Crippen MR) is 123 cm³/mol. The number of amides is 4. The summed E-state index contributed by atoms with van der Waals surface area (Å²) in [6, 6.07) is 1.27. The summed E-state index contributed by atoms with van der Waals surface area (Å²) in [5.74, 6) is -2.12. The number of urea groups is 1. The third kappa shape index (κ3) is 4.24. The van der Waals surface area contributed by atoms with E-state index in [4.69, 9.17) is 10.5 Å². The number of primary amides is 1. The average molecular weight is 526 g/mol. The standard InChI is InChI=1S/C18H19N7O6S3/c1-31-18(22-13(26)11(21-17(19)30)9-3-2-4-32-9)15(29)25-12(14(27)28)8(7-34-16(18)25)6-33-10-5-20-24-23-10/h2-5,11,16H,6-7H2,1H3,(H,22,26)(H,27,28)(H3,19,21,30)(H,20,23,24)/t11?,16?,18-/m1/s1. The van der Waals surface area contributed by atoms with E-state index in [1.54, 1.807) is 17.5 Å². The van der Waals surface area contributed by atoms with Gasteiger partial charge in [0, 0.05) is 23.5 Å². The van der Waals surface area contributed by atoms with Crippen LogP contribution in [0.4, 0.5) is 4.79 Å². The molecule has 0 bridgehead atoms. The summed E-state index contributed by atoms with van der Waals surface area (Å²) in [5, 5.41) is 26.3. The molecule has 16 heteroatoms. The van der Waals surface area contributed by atoms with Crippen LogP contribution in [0.25, 0.3) is 0 Å². The molecule has 0 aliphatic carbocycles. The SMILES string of the molecule is CO[C@]1(NC(=O)C(NC(N)=O)c2cccs2)C(=O)N2C(C(=O)O)=C(CSc3cnn[nH]3)CSC21. The number of thioether (sulfide) groups is 2. The molecule has 2 aromatic rings. The van der Waals surface area contributed by atoms with E-state index in [0.29, 0.717) is 27.0 Å². The van der Waals surface area contributed by atoms with E-state index >= 15 is 0 Å². The van der Waals surface area contributed by atoms with E-state index in [1.807, 2.05) is 0 Å².